The highest BCUT2D eigenvalue weighted by molar-refractivity contribution is 7.89. The van der Waals surface area contributed by atoms with Crippen molar-refractivity contribution in [2.45, 2.75) is 17.7 Å². The van der Waals surface area contributed by atoms with Crippen LogP contribution in [0.3, 0.4) is 0 Å². The van der Waals surface area contributed by atoms with E-state index in [4.69, 9.17) is 11.6 Å². The molecule has 3 aromatic rings. The van der Waals surface area contributed by atoms with Crippen molar-refractivity contribution in [3.8, 4) is 0 Å². The van der Waals surface area contributed by atoms with Gasteiger partial charge < -0.3 is 5.32 Å². The lowest BCUT2D eigenvalue weighted by Gasteiger charge is -2.31. The first-order valence-corrected chi connectivity index (χ1v) is 11.3. The number of benzene rings is 3. The van der Waals surface area contributed by atoms with E-state index in [0.29, 0.717) is 30.1 Å². The number of fused-ring (bicyclic) bond motifs is 1. The molecule has 0 aromatic heterocycles. The molecule has 29 heavy (non-hydrogen) atoms. The molecule has 0 bridgehead atoms. The summed E-state index contributed by atoms with van der Waals surface area (Å²) in [5.74, 6) is -0.594. The number of amides is 1. The normalized spacial score (nSPS) is 17.9. The molecule has 1 atom stereocenters. The molecule has 150 valence electrons. The molecule has 1 heterocycles. The number of hydrogen-bond donors (Lipinski definition) is 1. The molecule has 5 nitrogen and oxygen atoms in total. The van der Waals surface area contributed by atoms with Crippen LogP contribution in [0.2, 0.25) is 5.02 Å². The van der Waals surface area contributed by atoms with Gasteiger partial charge in [0.2, 0.25) is 15.9 Å². The Bertz CT molecular complexity index is 1160. The summed E-state index contributed by atoms with van der Waals surface area (Å²) in [6.45, 7) is 0.581. The van der Waals surface area contributed by atoms with Gasteiger partial charge in [0.25, 0.3) is 0 Å². The van der Waals surface area contributed by atoms with E-state index in [9.17, 15) is 13.2 Å². The fourth-order valence-corrected chi connectivity index (χ4v) is 5.41. The molecule has 7 heteroatoms. The smallest absolute Gasteiger partial charge is 0.243 e. The Hall–Kier alpha value is -2.41. The van der Waals surface area contributed by atoms with Gasteiger partial charge in [0.05, 0.1) is 10.8 Å². The van der Waals surface area contributed by atoms with E-state index in [0.717, 1.165) is 10.8 Å². The lowest BCUT2D eigenvalue weighted by atomic mass is 9.99. The zero-order chi connectivity index (χ0) is 20.4. The maximum Gasteiger partial charge on any atom is 0.243 e. The summed E-state index contributed by atoms with van der Waals surface area (Å²) >= 11 is 5.97. The Morgan fingerprint density at radius 2 is 1.79 bits per heavy atom. The lowest BCUT2D eigenvalue weighted by molar-refractivity contribution is -0.120. The average Bonchev–Trinajstić information content (AvgIpc) is 2.73. The molecule has 4 rings (SSSR count). The maximum absolute atomic E-state index is 13.2. The second-order valence-electron chi connectivity index (χ2n) is 7.21. The average molecular weight is 429 g/mol. The fraction of sp³-hybridized carbons (Fsp3) is 0.227. The molecule has 0 spiro atoms. The van der Waals surface area contributed by atoms with Gasteiger partial charge >= 0.3 is 0 Å². The second kappa shape index (κ2) is 8.14. The number of rotatable bonds is 4. The molecule has 0 saturated carbocycles. The Kier molecular flexibility index (Phi) is 5.58. The summed E-state index contributed by atoms with van der Waals surface area (Å²) in [4.78, 5) is 12.9. The van der Waals surface area contributed by atoms with Crippen molar-refractivity contribution in [3.05, 3.63) is 71.8 Å². The van der Waals surface area contributed by atoms with Crippen LogP contribution in [0.4, 0.5) is 5.69 Å². The number of carbonyl (C=O) groups excluding carboxylic acids is 1. The number of halogens is 1. The van der Waals surface area contributed by atoms with Gasteiger partial charge in [-0.2, -0.15) is 4.31 Å². The van der Waals surface area contributed by atoms with E-state index in [1.54, 1.807) is 36.4 Å². The quantitative estimate of drug-likeness (QED) is 0.663. The van der Waals surface area contributed by atoms with Crippen molar-refractivity contribution in [1.29, 1.82) is 0 Å². The molecule has 0 aliphatic carbocycles. The number of piperidine rings is 1. The van der Waals surface area contributed by atoms with Crippen LogP contribution in [0.25, 0.3) is 10.8 Å². The Labute approximate surface area is 175 Å². The van der Waals surface area contributed by atoms with E-state index < -0.39 is 15.9 Å². The molecular formula is C22H21ClN2O3S. The van der Waals surface area contributed by atoms with Crippen molar-refractivity contribution in [2.75, 3.05) is 18.4 Å². The predicted molar refractivity (Wildman–Crippen MR) is 116 cm³/mol. The summed E-state index contributed by atoms with van der Waals surface area (Å²) in [6, 6.07) is 19.7. The number of sulfonamides is 1. The molecule has 1 amide bonds. The first kappa shape index (κ1) is 19.9. The second-order valence-corrected chi connectivity index (χ2v) is 9.59. The van der Waals surface area contributed by atoms with Crippen molar-refractivity contribution < 1.29 is 13.2 Å². The van der Waals surface area contributed by atoms with Gasteiger partial charge in [-0.15, -0.1) is 0 Å². The zero-order valence-electron chi connectivity index (χ0n) is 15.7. The molecule has 1 unspecified atom stereocenters. The minimum absolute atomic E-state index is 0.168. The third kappa shape index (κ3) is 4.29. The van der Waals surface area contributed by atoms with E-state index in [1.807, 2.05) is 30.3 Å². The molecule has 0 radical (unpaired) electrons. The van der Waals surface area contributed by atoms with Crippen LogP contribution in [-0.2, 0) is 14.8 Å². The van der Waals surface area contributed by atoms with Gasteiger partial charge in [-0.25, -0.2) is 8.42 Å². The van der Waals surface area contributed by atoms with E-state index in [1.165, 1.54) is 4.31 Å². The van der Waals surface area contributed by atoms with Crippen molar-refractivity contribution in [1.82, 2.24) is 4.31 Å². The number of nitrogens with one attached hydrogen (secondary N) is 1. The van der Waals surface area contributed by atoms with E-state index >= 15 is 0 Å². The summed E-state index contributed by atoms with van der Waals surface area (Å²) < 4.78 is 27.8. The minimum Gasteiger partial charge on any atom is -0.326 e. The van der Waals surface area contributed by atoms with Crippen LogP contribution in [0.15, 0.2) is 71.6 Å². The van der Waals surface area contributed by atoms with Gasteiger partial charge in [0.1, 0.15) is 0 Å². The van der Waals surface area contributed by atoms with Gasteiger partial charge in [-0.3, -0.25) is 4.79 Å². The summed E-state index contributed by atoms with van der Waals surface area (Å²) in [5, 5.41) is 5.24. The standard InChI is InChI=1S/C22H21ClN2O3S/c23-19-8-3-9-20(14-19)24-22(26)18-7-4-12-25(15-18)29(27,28)21-11-10-16-5-1-2-6-17(16)13-21/h1-3,5-6,8-11,13-14,18H,4,7,12,15H2,(H,24,26). The topological polar surface area (TPSA) is 66.5 Å². The van der Waals surface area contributed by atoms with E-state index in [-0.39, 0.29) is 17.3 Å². The number of nitrogens with zero attached hydrogens (tertiary/aromatic N) is 1. The Balaban J connectivity index is 1.52. The van der Waals surface area contributed by atoms with Crippen LogP contribution >= 0.6 is 11.6 Å². The molecule has 3 aromatic carbocycles. The maximum atomic E-state index is 13.2. The minimum atomic E-state index is -3.67. The van der Waals surface area contributed by atoms with Gasteiger partial charge in [0.15, 0.2) is 0 Å². The molecule has 1 saturated heterocycles. The molecule has 1 aliphatic heterocycles. The number of hydrogen-bond acceptors (Lipinski definition) is 3. The molecular weight excluding hydrogens is 408 g/mol. The summed E-state index contributed by atoms with van der Waals surface area (Å²) in [5.41, 5.74) is 0.608. The van der Waals surface area contributed by atoms with Crippen LogP contribution in [-0.4, -0.2) is 31.7 Å². The van der Waals surface area contributed by atoms with Crippen molar-refractivity contribution in [3.63, 3.8) is 0 Å². The van der Waals surface area contributed by atoms with Crippen molar-refractivity contribution in [2.24, 2.45) is 5.92 Å². The molecule has 1 N–H and O–H groups in total. The van der Waals surface area contributed by atoms with Gasteiger partial charge in [-0.1, -0.05) is 48.0 Å². The van der Waals surface area contributed by atoms with E-state index in [2.05, 4.69) is 5.32 Å². The third-order valence-corrected chi connectivity index (χ3v) is 7.30. The molecule has 1 fully saturated rings. The van der Waals surface area contributed by atoms with Gasteiger partial charge in [-0.05, 0) is 53.9 Å². The third-order valence-electron chi connectivity index (χ3n) is 5.21. The zero-order valence-corrected chi connectivity index (χ0v) is 17.3. The predicted octanol–water partition coefficient (Wildman–Crippen LogP) is 4.53. The monoisotopic (exact) mass is 428 g/mol. The molecule has 1 aliphatic rings. The van der Waals surface area contributed by atoms with Crippen molar-refractivity contribution >= 4 is 44.0 Å². The SMILES string of the molecule is O=C(Nc1cccc(Cl)c1)C1CCCN(S(=O)(=O)c2ccc3ccccc3c2)C1. The van der Waals surface area contributed by atoms with Crippen LogP contribution in [0.5, 0.6) is 0 Å². The lowest BCUT2D eigenvalue weighted by Crippen LogP contribution is -2.43. The first-order valence-electron chi connectivity index (χ1n) is 9.49. The fourth-order valence-electron chi connectivity index (χ4n) is 3.66. The highest BCUT2D eigenvalue weighted by Crippen LogP contribution is 2.27. The number of carbonyl (C=O) groups is 1. The van der Waals surface area contributed by atoms with Gasteiger partial charge in [0, 0.05) is 23.8 Å². The van der Waals surface area contributed by atoms with Crippen LogP contribution in [0.1, 0.15) is 12.8 Å². The van der Waals surface area contributed by atoms with Crippen LogP contribution < -0.4 is 5.32 Å². The first-order chi connectivity index (χ1) is 13.9. The summed E-state index contributed by atoms with van der Waals surface area (Å²) in [7, 11) is -3.67. The summed E-state index contributed by atoms with van der Waals surface area (Å²) in [6.07, 6.45) is 1.29. The highest BCUT2D eigenvalue weighted by Gasteiger charge is 2.33. The Morgan fingerprint density at radius 1 is 1.00 bits per heavy atom. The van der Waals surface area contributed by atoms with Crippen LogP contribution in [0, 0.1) is 5.92 Å². The largest absolute Gasteiger partial charge is 0.326 e. The Morgan fingerprint density at radius 3 is 2.59 bits per heavy atom. The number of anilines is 1. The highest BCUT2D eigenvalue weighted by atomic mass is 35.5.